The molecule has 2 unspecified atom stereocenters. The lowest BCUT2D eigenvalue weighted by Crippen LogP contribution is -2.46. The molecule has 0 aromatic carbocycles. The van der Waals surface area contributed by atoms with Crippen LogP contribution in [-0.2, 0) is 0 Å². The van der Waals surface area contributed by atoms with Crippen molar-refractivity contribution in [1.82, 2.24) is 20.1 Å². The topological polar surface area (TPSA) is 115 Å². The Morgan fingerprint density at radius 2 is 1.87 bits per heavy atom. The third kappa shape index (κ3) is 5.24. The molecule has 0 saturated carbocycles. The molecular formula is C21H32N6O4. The number of carboxylic acid groups (broad SMARTS) is 1. The second-order valence-corrected chi connectivity index (χ2v) is 8.88. The van der Waals surface area contributed by atoms with Crippen LogP contribution in [0.25, 0.3) is 0 Å². The quantitative estimate of drug-likeness (QED) is 0.552. The van der Waals surface area contributed by atoms with Gasteiger partial charge in [-0.1, -0.05) is 6.42 Å². The monoisotopic (exact) mass is 432 g/mol. The summed E-state index contributed by atoms with van der Waals surface area (Å²) in [7, 11) is 0. The van der Waals surface area contributed by atoms with Crippen LogP contribution in [0, 0.1) is 10.1 Å². The zero-order chi connectivity index (χ0) is 21.8. The largest absolute Gasteiger partial charge is 0.465 e. The van der Waals surface area contributed by atoms with Crippen molar-refractivity contribution in [1.29, 1.82) is 0 Å². The van der Waals surface area contributed by atoms with Crippen molar-refractivity contribution < 1.29 is 14.8 Å². The van der Waals surface area contributed by atoms with Crippen molar-refractivity contribution in [2.45, 2.75) is 56.7 Å². The van der Waals surface area contributed by atoms with E-state index in [1.165, 1.54) is 56.2 Å². The average molecular weight is 433 g/mol. The SMILES string of the molecule is O=C(O)N1CC2CC1CN2.O=[N+]([O-])c1ccc(N2CCC(N3CCCCC3)CC2)cn1. The number of pyridine rings is 1. The van der Waals surface area contributed by atoms with Gasteiger partial charge in [0.15, 0.2) is 6.20 Å². The zero-order valence-corrected chi connectivity index (χ0v) is 17.9. The predicted octanol–water partition coefficient (Wildman–Crippen LogP) is 2.16. The van der Waals surface area contributed by atoms with Gasteiger partial charge < -0.3 is 35.2 Å². The van der Waals surface area contributed by atoms with Crippen molar-refractivity contribution >= 4 is 17.6 Å². The van der Waals surface area contributed by atoms with E-state index in [1.807, 2.05) is 6.07 Å². The van der Waals surface area contributed by atoms with Gasteiger partial charge in [0.1, 0.15) is 0 Å². The smallest absolute Gasteiger partial charge is 0.407 e. The lowest BCUT2D eigenvalue weighted by Gasteiger charge is -2.40. The minimum atomic E-state index is -0.769. The third-order valence-electron chi connectivity index (χ3n) is 6.96. The number of anilines is 1. The molecule has 170 valence electrons. The lowest BCUT2D eigenvalue weighted by atomic mass is 9.99. The molecule has 4 saturated heterocycles. The summed E-state index contributed by atoms with van der Waals surface area (Å²) in [5.74, 6) is -0.0815. The van der Waals surface area contributed by atoms with Crippen LogP contribution in [-0.4, -0.2) is 88.3 Å². The standard InChI is InChI=1S/C15H22N4O2.C6H10N2O2/c20-19(21)15-5-4-14(12-16-15)18-10-6-13(7-11-18)17-8-2-1-3-9-17;9-6(10)8-3-4-1-5(8)2-7-4/h4-5,12-13H,1-3,6-11H2;4-5,7H,1-3H2,(H,9,10). The number of fused-ring (bicyclic) bond motifs is 2. The molecule has 5 heterocycles. The van der Waals surface area contributed by atoms with Gasteiger partial charge in [0.05, 0.1) is 5.69 Å². The van der Waals surface area contributed by atoms with E-state index in [-0.39, 0.29) is 11.9 Å². The Labute approximate surface area is 182 Å². The molecule has 4 fully saturated rings. The van der Waals surface area contributed by atoms with Crippen LogP contribution >= 0.6 is 0 Å². The number of piperazine rings is 1. The number of nitrogens with zero attached hydrogens (tertiary/aromatic N) is 5. The first kappa shape index (κ1) is 21.8. The molecule has 0 radical (unpaired) electrons. The fraction of sp³-hybridized carbons (Fsp3) is 0.714. The number of rotatable bonds is 3. The molecule has 4 aliphatic heterocycles. The number of carbonyl (C=O) groups is 1. The van der Waals surface area contributed by atoms with Crippen LogP contribution in [0.15, 0.2) is 18.3 Å². The number of likely N-dealkylation sites (tertiary alicyclic amines) is 2. The highest BCUT2D eigenvalue weighted by atomic mass is 16.6. The molecule has 2 bridgehead atoms. The lowest BCUT2D eigenvalue weighted by molar-refractivity contribution is -0.389. The molecule has 2 N–H and O–H groups in total. The fourth-order valence-electron chi connectivity index (χ4n) is 5.24. The highest BCUT2D eigenvalue weighted by Crippen LogP contribution is 2.25. The van der Waals surface area contributed by atoms with E-state index in [1.54, 1.807) is 6.20 Å². The third-order valence-corrected chi connectivity index (χ3v) is 6.96. The van der Waals surface area contributed by atoms with Crippen LogP contribution < -0.4 is 10.2 Å². The molecule has 4 aliphatic rings. The van der Waals surface area contributed by atoms with Crippen LogP contribution in [0.3, 0.4) is 0 Å². The van der Waals surface area contributed by atoms with Gasteiger partial charge in [0, 0.05) is 50.4 Å². The van der Waals surface area contributed by atoms with E-state index >= 15 is 0 Å². The second-order valence-electron chi connectivity index (χ2n) is 8.88. The average Bonchev–Trinajstić information content (AvgIpc) is 3.44. The van der Waals surface area contributed by atoms with E-state index in [4.69, 9.17) is 5.11 Å². The summed E-state index contributed by atoms with van der Waals surface area (Å²) in [6.45, 7) is 6.06. The van der Waals surface area contributed by atoms with Gasteiger partial charge in [-0.3, -0.25) is 0 Å². The van der Waals surface area contributed by atoms with Gasteiger partial charge in [-0.25, -0.2) is 4.79 Å². The van der Waals surface area contributed by atoms with E-state index in [0.29, 0.717) is 18.6 Å². The Bertz CT molecular complexity index is 762. The Balaban J connectivity index is 0.000000192. The summed E-state index contributed by atoms with van der Waals surface area (Å²) >= 11 is 0. The van der Waals surface area contributed by atoms with E-state index < -0.39 is 11.0 Å². The van der Waals surface area contributed by atoms with Gasteiger partial charge in [-0.15, -0.1) is 0 Å². The molecule has 5 rings (SSSR count). The van der Waals surface area contributed by atoms with Crippen molar-refractivity contribution in [3.05, 3.63) is 28.4 Å². The Hall–Kier alpha value is -2.46. The summed E-state index contributed by atoms with van der Waals surface area (Å²) in [5.41, 5.74) is 0.998. The van der Waals surface area contributed by atoms with Gasteiger partial charge in [0.2, 0.25) is 0 Å². The first-order valence-electron chi connectivity index (χ1n) is 11.3. The van der Waals surface area contributed by atoms with Gasteiger partial charge >= 0.3 is 11.9 Å². The summed E-state index contributed by atoms with van der Waals surface area (Å²) in [6.07, 6.45) is 8.27. The van der Waals surface area contributed by atoms with Gasteiger partial charge in [-0.05, 0) is 61.2 Å². The second kappa shape index (κ2) is 9.78. The number of amides is 1. The van der Waals surface area contributed by atoms with Crippen molar-refractivity contribution in [3.63, 3.8) is 0 Å². The van der Waals surface area contributed by atoms with Crippen LogP contribution in [0.1, 0.15) is 38.5 Å². The molecule has 0 aliphatic carbocycles. The Morgan fingerprint density at radius 1 is 1.13 bits per heavy atom. The highest BCUT2D eigenvalue weighted by Gasteiger charge is 2.40. The van der Waals surface area contributed by atoms with Gasteiger partial charge in [-0.2, -0.15) is 0 Å². The van der Waals surface area contributed by atoms with Crippen molar-refractivity contribution in [2.75, 3.05) is 44.2 Å². The Kier molecular flexibility index (Phi) is 6.86. The maximum atomic E-state index is 10.6. The van der Waals surface area contributed by atoms with E-state index in [2.05, 4.69) is 20.1 Å². The summed E-state index contributed by atoms with van der Waals surface area (Å²) in [6, 6.07) is 4.70. The molecule has 1 amide bonds. The minimum absolute atomic E-state index is 0.0815. The zero-order valence-electron chi connectivity index (χ0n) is 17.9. The minimum Gasteiger partial charge on any atom is -0.465 e. The van der Waals surface area contributed by atoms with Crippen molar-refractivity contribution in [2.24, 2.45) is 0 Å². The summed E-state index contributed by atoms with van der Waals surface area (Å²) < 4.78 is 0. The van der Waals surface area contributed by atoms with Crippen LogP contribution in [0.4, 0.5) is 16.3 Å². The first-order chi connectivity index (χ1) is 15.0. The number of hydrogen-bond donors (Lipinski definition) is 2. The number of aromatic nitrogens is 1. The van der Waals surface area contributed by atoms with E-state index in [0.717, 1.165) is 31.7 Å². The predicted molar refractivity (Wildman–Crippen MR) is 116 cm³/mol. The van der Waals surface area contributed by atoms with Gasteiger partial charge in [0.25, 0.3) is 0 Å². The highest BCUT2D eigenvalue weighted by molar-refractivity contribution is 5.66. The molecule has 1 aromatic rings. The molecule has 10 nitrogen and oxygen atoms in total. The number of nitro groups is 1. The molecule has 31 heavy (non-hydrogen) atoms. The van der Waals surface area contributed by atoms with Crippen molar-refractivity contribution in [3.8, 4) is 0 Å². The molecule has 10 heteroatoms. The van der Waals surface area contributed by atoms with Crippen LogP contribution in [0.2, 0.25) is 0 Å². The molecule has 2 atom stereocenters. The normalized spacial score (nSPS) is 26.5. The Morgan fingerprint density at radius 3 is 2.35 bits per heavy atom. The fourth-order valence-corrected chi connectivity index (χ4v) is 5.24. The van der Waals surface area contributed by atoms with Crippen LogP contribution in [0.5, 0.6) is 0 Å². The summed E-state index contributed by atoms with van der Waals surface area (Å²) in [5, 5.41) is 22.5. The molecule has 1 aromatic heterocycles. The number of piperidine rings is 2. The maximum absolute atomic E-state index is 10.6. The molecule has 0 spiro atoms. The first-order valence-corrected chi connectivity index (χ1v) is 11.3. The van der Waals surface area contributed by atoms with E-state index in [9.17, 15) is 14.9 Å². The number of hydrogen-bond acceptors (Lipinski definition) is 7. The maximum Gasteiger partial charge on any atom is 0.407 e. The number of nitrogens with one attached hydrogen (secondary N) is 1. The summed E-state index contributed by atoms with van der Waals surface area (Å²) in [4.78, 5) is 31.0. The molecular weight excluding hydrogens is 400 g/mol.